The van der Waals surface area contributed by atoms with Gasteiger partial charge in [-0.05, 0) is 37.1 Å². The first-order valence-electron chi connectivity index (χ1n) is 9.29. The van der Waals surface area contributed by atoms with Crippen LogP contribution < -0.4 is 5.56 Å². The zero-order valence-corrected chi connectivity index (χ0v) is 16.4. The normalized spacial score (nSPS) is 15.0. The van der Waals surface area contributed by atoms with Crippen molar-refractivity contribution in [2.24, 2.45) is 5.92 Å². The highest BCUT2D eigenvalue weighted by Gasteiger charge is 2.25. The molecule has 144 valence electrons. The lowest BCUT2D eigenvalue weighted by atomic mass is 9.93. The third kappa shape index (κ3) is 4.17. The minimum Gasteiger partial charge on any atom is -0.337 e. The van der Waals surface area contributed by atoms with Crippen LogP contribution in [0.5, 0.6) is 0 Å². The third-order valence-corrected chi connectivity index (χ3v) is 5.67. The van der Waals surface area contributed by atoms with E-state index in [1.54, 1.807) is 17.5 Å². The second-order valence-corrected chi connectivity index (χ2v) is 7.85. The number of carbonyl (C=O) groups excluding carboxylic acids is 1. The first kappa shape index (κ1) is 18.5. The van der Waals surface area contributed by atoms with E-state index in [-0.39, 0.29) is 11.5 Å². The molecule has 1 N–H and O–H groups in total. The van der Waals surface area contributed by atoms with Crippen LogP contribution in [-0.2, 0) is 6.42 Å². The topological polar surface area (TPSA) is 91.8 Å². The molecule has 3 aromatic rings. The van der Waals surface area contributed by atoms with E-state index in [2.05, 4.69) is 19.9 Å². The number of aromatic nitrogens is 4. The van der Waals surface area contributed by atoms with Crippen LogP contribution in [0, 0.1) is 12.8 Å². The van der Waals surface area contributed by atoms with Crippen molar-refractivity contribution in [3.63, 3.8) is 0 Å². The van der Waals surface area contributed by atoms with Gasteiger partial charge in [0.05, 0.1) is 17.6 Å². The van der Waals surface area contributed by atoms with Crippen LogP contribution in [-0.4, -0.2) is 43.8 Å². The van der Waals surface area contributed by atoms with Gasteiger partial charge in [-0.1, -0.05) is 0 Å². The van der Waals surface area contributed by atoms with Crippen molar-refractivity contribution >= 4 is 17.2 Å². The van der Waals surface area contributed by atoms with Gasteiger partial charge in [0.25, 0.3) is 11.5 Å². The van der Waals surface area contributed by atoms with Crippen molar-refractivity contribution < 1.29 is 4.79 Å². The number of piperidine rings is 1. The number of likely N-dealkylation sites (tertiary alicyclic amines) is 1. The van der Waals surface area contributed by atoms with Gasteiger partial charge in [0.2, 0.25) is 0 Å². The summed E-state index contributed by atoms with van der Waals surface area (Å²) in [6.07, 6.45) is 5.60. The molecular weight excluding hydrogens is 374 g/mol. The Morgan fingerprint density at radius 2 is 2.11 bits per heavy atom. The summed E-state index contributed by atoms with van der Waals surface area (Å²) in [5, 5.41) is 3.96. The fraction of sp³-hybridized carbons (Fsp3) is 0.350. The van der Waals surface area contributed by atoms with Crippen LogP contribution in [0.25, 0.3) is 11.3 Å². The Morgan fingerprint density at radius 1 is 1.29 bits per heavy atom. The van der Waals surface area contributed by atoms with Crippen molar-refractivity contribution in [3.05, 3.63) is 62.9 Å². The van der Waals surface area contributed by atoms with E-state index in [9.17, 15) is 9.59 Å². The molecule has 0 atom stereocenters. The van der Waals surface area contributed by atoms with Gasteiger partial charge in [0.1, 0.15) is 11.5 Å². The Morgan fingerprint density at radius 3 is 2.79 bits per heavy atom. The number of aromatic amines is 1. The molecule has 4 rings (SSSR count). The van der Waals surface area contributed by atoms with Gasteiger partial charge in [-0.15, -0.1) is 0 Å². The first-order valence-corrected chi connectivity index (χ1v) is 10.2. The zero-order chi connectivity index (χ0) is 19.5. The molecule has 1 saturated heterocycles. The number of hydrogen-bond donors (Lipinski definition) is 1. The predicted molar refractivity (Wildman–Crippen MR) is 107 cm³/mol. The molecule has 0 aromatic carbocycles. The molecule has 0 saturated carbocycles. The number of carbonyl (C=O) groups is 1. The zero-order valence-electron chi connectivity index (χ0n) is 15.6. The van der Waals surface area contributed by atoms with Gasteiger partial charge in [0, 0.05) is 42.7 Å². The Bertz CT molecular complexity index is 1010. The minimum absolute atomic E-state index is 0.0723. The van der Waals surface area contributed by atoms with Crippen molar-refractivity contribution in [2.45, 2.75) is 26.2 Å². The molecule has 1 aliphatic rings. The Hall–Kier alpha value is -2.87. The number of rotatable bonds is 4. The van der Waals surface area contributed by atoms with Gasteiger partial charge >= 0.3 is 0 Å². The number of nitrogens with one attached hydrogen (secondary N) is 1. The lowest BCUT2D eigenvalue weighted by molar-refractivity contribution is 0.0683. The summed E-state index contributed by atoms with van der Waals surface area (Å²) in [5.74, 6) is 1.02. The molecule has 28 heavy (non-hydrogen) atoms. The van der Waals surface area contributed by atoms with Crippen LogP contribution in [0.1, 0.15) is 34.8 Å². The largest absolute Gasteiger partial charge is 0.337 e. The van der Waals surface area contributed by atoms with Gasteiger partial charge in [-0.25, -0.2) is 9.97 Å². The van der Waals surface area contributed by atoms with Gasteiger partial charge in [0.15, 0.2) is 0 Å². The van der Waals surface area contributed by atoms with E-state index in [0.717, 1.165) is 24.1 Å². The van der Waals surface area contributed by atoms with Crippen molar-refractivity contribution in [2.75, 3.05) is 13.1 Å². The monoisotopic (exact) mass is 395 g/mol. The number of aryl methyl sites for hydroxylation is 1. The lowest BCUT2D eigenvalue weighted by Gasteiger charge is -2.31. The third-order valence-electron chi connectivity index (χ3n) is 4.99. The quantitative estimate of drug-likeness (QED) is 0.733. The highest BCUT2D eigenvalue weighted by molar-refractivity contribution is 7.08. The summed E-state index contributed by atoms with van der Waals surface area (Å²) in [4.78, 5) is 42.2. The van der Waals surface area contributed by atoms with Crippen molar-refractivity contribution in [1.82, 2.24) is 24.8 Å². The smallest absolute Gasteiger partial charge is 0.274 e. The van der Waals surface area contributed by atoms with E-state index < -0.39 is 0 Å². The molecule has 0 radical (unpaired) electrons. The summed E-state index contributed by atoms with van der Waals surface area (Å²) in [6, 6.07) is 3.50. The van der Waals surface area contributed by atoms with E-state index in [4.69, 9.17) is 0 Å². The van der Waals surface area contributed by atoms with Crippen LogP contribution in [0.4, 0.5) is 0 Å². The summed E-state index contributed by atoms with van der Waals surface area (Å²) >= 11 is 1.58. The first-order chi connectivity index (χ1) is 13.6. The molecule has 3 aromatic heterocycles. The van der Waals surface area contributed by atoms with Gasteiger partial charge in [-0.3, -0.25) is 14.6 Å². The maximum Gasteiger partial charge on any atom is 0.274 e. The maximum absolute atomic E-state index is 12.6. The van der Waals surface area contributed by atoms with E-state index >= 15 is 0 Å². The molecule has 1 fully saturated rings. The number of hydrogen-bond acceptors (Lipinski definition) is 6. The minimum atomic E-state index is -0.128. The SMILES string of the molecule is Cc1cnc(C(=O)N2CCC(Cc3nc(-c4ccsc4)cc(=O)[nH]3)CC2)cn1. The molecule has 4 heterocycles. The molecule has 0 bridgehead atoms. The molecule has 7 nitrogen and oxygen atoms in total. The second-order valence-electron chi connectivity index (χ2n) is 7.07. The number of H-pyrrole nitrogens is 1. The number of thiophene rings is 1. The highest BCUT2D eigenvalue weighted by Crippen LogP contribution is 2.23. The van der Waals surface area contributed by atoms with Crippen molar-refractivity contribution in [3.8, 4) is 11.3 Å². The van der Waals surface area contributed by atoms with E-state index in [0.29, 0.717) is 42.6 Å². The average Bonchev–Trinajstić information content (AvgIpc) is 3.23. The summed E-state index contributed by atoms with van der Waals surface area (Å²) in [6.45, 7) is 3.19. The summed E-state index contributed by atoms with van der Waals surface area (Å²) < 4.78 is 0. The molecule has 0 unspecified atom stereocenters. The molecule has 0 spiro atoms. The number of amides is 1. The van der Waals surface area contributed by atoms with Crippen LogP contribution in [0.3, 0.4) is 0 Å². The summed E-state index contributed by atoms with van der Waals surface area (Å²) in [5.41, 5.74) is 2.74. The molecule has 0 aliphatic carbocycles. The molecule has 1 aliphatic heterocycles. The van der Waals surface area contributed by atoms with Gasteiger partial charge in [-0.2, -0.15) is 11.3 Å². The van der Waals surface area contributed by atoms with E-state index in [1.807, 2.05) is 28.7 Å². The Labute approximate surface area is 166 Å². The molecular formula is C20H21N5O2S. The molecule has 8 heteroatoms. The predicted octanol–water partition coefficient (Wildman–Crippen LogP) is 2.69. The van der Waals surface area contributed by atoms with Crippen LogP contribution in [0.15, 0.2) is 40.1 Å². The highest BCUT2D eigenvalue weighted by atomic mass is 32.1. The van der Waals surface area contributed by atoms with Crippen LogP contribution >= 0.6 is 11.3 Å². The van der Waals surface area contributed by atoms with Gasteiger partial charge < -0.3 is 9.88 Å². The fourth-order valence-corrected chi connectivity index (χ4v) is 4.09. The standard InChI is InChI=1S/C20H21N5O2S/c1-13-10-22-17(11-21-13)20(27)25-5-2-14(3-6-25)8-18-23-16(9-19(26)24-18)15-4-7-28-12-15/h4,7,9-12,14H,2-3,5-6,8H2,1H3,(H,23,24,26). The van der Waals surface area contributed by atoms with Crippen molar-refractivity contribution in [1.29, 1.82) is 0 Å². The van der Waals surface area contributed by atoms with Crippen LogP contribution in [0.2, 0.25) is 0 Å². The van der Waals surface area contributed by atoms with E-state index in [1.165, 1.54) is 12.3 Å². The maximum atomic E-state index is 12.6. The summed E-state index contributed by atoms with van der Waals surface area (Å²) in [7, 11) is 0. The lowest BCUT2D eigenvalue weighted by Crippen LogP contribution is -2.39. The Balaban J connectivity index is 1.39. The Kier molecular flexibility index (Phi) is 5.29. The average molecular weight is 395 g/mol. The second kappa shape index (κ2) is 8.02. The fourth-order valence-electron chi connectivity index (χ4n) is 3.44. The molecule has 1 amide bonds. The number of nitrogens with zero attached hydrogens (tertiary/aromatic N) is 4.